The number of thiophene rings is 1. The van der Waals surface area contributed by atoms with Crippen LogP contribution in [-0.2, 0) is 6.54 Å². The quantitative estimate of drug-likeness (QED) is 0.576. The third-order valence-corrected chi connectivity index (χ3v) is 3.83. The van der Waals surface area contributed by atoms with Crippen LogP contribution >= 0.6 is 11.3 Å². The van der Waals surface area contributed by atoms with Crippen molar-refractivity contribution < 1.29 is 4.52 Å². The van der Waals surface area contributed by atoms with Crippen molar-refractivity contribution in [3.63, 3.8) is 0 Å². The van der Waals surface area contributed by atoms with Gasteiger partial charge in [-0.15, -0.1) is 21.5 Å². The maximum Gasteiger partial charge on any atom is 0.268 e. The maximum absolute atomic E-state index is 5.23. The van der Waals surface area contributed by atoms with Crippen molar-refractivity contribution in [1.82, 2.24) is 30.3 Å². The van der Waals surface area contributed by atoms with E-state index < -0.39 is 0 Å². The van der Waals surface area contributed by atoms with Gasteiger partial charge in [0.25, 0.3) is 5.89 Å². The lowest BCUT2D eigenvalue weighted by molar-refractivity contribution is 0.415. The minimum absolute atomic E-state index is 0.314. The molecule has 22 heavy (non-hydrogen) atoms. The Balaban J connectivity index is 1.54. The summed E-state index contributed by atoms with van der Waals surface area (Å²) < 4.78 is 5.23. The molecule has 3 heterocycles. The fourth-order valence-corrected chi connectivity index (χ4v) is 2.60. The molecule has 0 aliphatic rings. The number of benzene rings is 1. The van der Waals surface area contributed by atoms with Gasteiger partial charge in [-0.05, 0) is 16.7 Å². The number of nitrogens with zero attached hydrogens (tertiary/aromatic N) is 6. The highest BCUT2D eigenvalue weighted by Gasteiger charge is 2.12. The lowest BCUT2D eigenvalue weighted by atomic mass is 10.2. The number of hydrogen-bond acceptors (Lipinski definition) is 7. The Bertz CT molecular complexity index is 868. The van der Waals surface area contributed by atoms with Gasteiger partial charge in [-0.3, -0.25) is 0 Å². The Kier molecular flexibility index (Phi) is 3.20. The van der Waals surface area contributed by atoms with Gasteiger partial charge in [0, 0.05) is 5.56 Å². The van der Waals surface area contributed by atoms with Crippen molar-refractivity contribution in [2.45, 2.75) is 6.54 Å². The number of rotatable bonds is 4. The Morgan fingerprint density at radius 2 is 2.00 bits per heavy atom. The van der Waals surface area contributed by atoms with Crippen molar-refractivity contribution in [3.8, 4) is 22.2 Å². The average molecular weight is 310 g/mol. The first-order chi connectivity index (χ1) is 10.9. The van der Waals surface area contributed by atoms with Gasteiger partial charge in [-0.1, -0.05) is 41.6 Å². The second kappa shape index (κ2) is 5.49. The van der Waals surface area contributed by atoms with E-state index in [1.165, 1.54) is 4.80 Å². The molecule has 0 aliphatic heterocycles. The third kappa shape index (κ3) is 2.51. The average Bonchev–Trinajstić information content (AvgIpc) is 3.30. The largest absolute Gasteiger partial charge is 0.333 e. The molecule has 1 aromatic carbocycles. The Labute approximate surface area is 129 Å². The molecule has 3 aromatic heterocycles. The van der Waals surface area contributed by atoms with E-state index >= 15 is 0 Å². The van der Waals surface area contributed by atoms with Gasteiger partial charge in [0.15, 0.2) is 5.82 Å². The van der Waals surface area contributed by atoms with Crippen LogP contribution in [0.1, 0.15) is 5.82 Å². The van der Waals surface area contributed by atoms with Crippen molar-refractivity contribution in [1.29, 1.82) is 0 Å². The fourth-order valence-electron chi connectivity index (χ4n) is 1.96. The van der Waals surface area contributed by atoms with E-state index in [1.54, 1.807) is 11.3 Å². The molecule has 0 aliphatic carbocycles. The van der Waals surface area contributed by atoms with Crippen LogP contribution in [0, 0.1) is 0 Å². The van der Waals surface area contributed by atoms with E-state index in [0.717, 1.165) is 10.4 Å². The van der Waals surface area contributed by atoms with Gasteiger partial charge in [0.05, 0.1) is 4.88 Å². The normalized spacial score (nSPS) is 10.9. The highest BCUT2D eigenvalue weighted by Crippen LogP contribution is 2.22. The highest BCUT2D eigenvalue weighted by atomic mass is 32.1. The summed E-state index contributed by atoms with van der Waals surface area (Å²) in [6, 6.07) is 13.6. The molecule has 0 N–H and O–H groups in total. The summed E-state index contributed by atoms with van der Waals surface area (Å²) in [4.78, 5) is 6.72. The third-order valence-electron chi connectivity index (χ3n) is 2.97. The second-order valence-corrected chi connectivity index (χ2v) is 5.45. The summed E-state index contributed by atoms with van der Waals surface area (Å²) in [6.07, 6.45) is 0. The molecule has 8 heteroatoms. The van der Waals surface area contributed by atoms with Crippen LogP contribution in [0.4, 0.5) is 0 Å². The van der Waals surface area contributed by atoms with Crippen molar-refractivity contribution in [2.24, 2.45) is 0 Å². The molecule has 0 saturated carbocycles. The van der Waals surface area contributed by atoms with Gasteiger partial charge in [-0.25, -0.2) is 0 Å². The minimum Gasteiger partial charge on any atom is -0.333 e. The van der Waals surface area contributed by atoms with E-state index in [2.05, 4.69) is 25.6 Å². The van der Waals surface area contributed by atoms with Gasteiger partial charge >= 0.3 is 0 Å². The van der Waals surface area contributed by atoms with E-state index in [0.29, 0.717) is 24.1 Å². The monoisotopic (exact) mass is 310 g/mol. The number of hydrogen-bond donors (Lipinski definition) is 0. The highest BCUT2D eigenvalue weighted by molar-refractivity contribution is 7.13. The van der Waals surface area contributed by atoms with Gasteiger partial charge < -0.3 is 4.52 Å². The molecule has 0 radical (unpaired) electrons. The standard InChI is InChI=1S/C14H10N6OS/c1-2-5-10(6-3-1)13-16-19-20(17-13)9-12-15-14(21-18-12)11-7-4-8-22-11/h1-8H,9H2. The van der Waals surface area contributed by atoms with Gasteiger partial charge in [-0.2, -0.15) is 9.78 Å². The smallest absolute Gasteiger partial charge is 0.268 e. The molecular formula is C14H10N6OS. The molecular weight excluding hydrogens is 300 g/mol. The zero-order valence-electron chi connectivity index (χ0n) is 11.3. The summed E-state index contributed by atoms with van der Waals surface area (Å²) in [5.74, 6) is 1.59. The van der Waals surface area contributed by atoms with Crippen LogP contribution < -0.4 is 0 Å². The first-order valence-corrected chi connectivity index (χ1v) is 7.46. The SMILES string of the molecule is c1ccc(-c2nnn(Cc3noc(-c4cccs4)n3)n2)cc1. The lowest BCUT2D eigenvalue weighted by Gasteiger charge is -1.92. The molecule has 0 spiro atoms. The topological polar surface area (TPSA) is 82.5 Å². The molecule has 0 saturated heterocycles. The van der Waals surface area contributed by atoms with Crippen LogP contribution in [0.3, 0.4) is 0 Å². The summed E-state index contributed by atoms with van der Waals surface area (Å²) in [5, 5.41) is 18.3. The zero-order valence-corrected chi connectivity index (χ0v) is 12.1. The van der Waals surface area contributed by atoms with Crippen molar-refractivity contribution >= 4 is 11.3 Å². The predicted octanol–water partition coefficient (Wildman–Crippen LogP) is 2.50. The molecule has 0 fully saturated rings. The number of aromatic nitrogens is 6. The molecule has 7 nitrogen and oxygen atoms in total. The van der Waals surface area contributed by atoms with Crippen molar-refractivity contribution in [3.05, 3.63) is 53.7 Å². The van der Waals surface area contributed by atoms with Crippen LogP contribution in [-0.4, -0.2) is 30.3 Å². The zero-order chi connectivity index (χ0) is 14.8. The van der Waals surface area contributed by atoms with Gasteiger partial charge in [0.1, 0.15) is 6.54 Å². The van der Waals surface area contributed by atoms with E-state index in [9.17, 15) is 0 Å². The van der Waals surface area contributed by atoms with Gasteiger partial charge in [0.2, 0.25) is 5.82 Å². The second-order valence-electron chi connectivity index (χ2n) is 4.50. The Hall–Kier alpha value is -2.87. The molecule has 0 amide bonds. The molecule has 4 aromatic rings. The van der Waals surface area contributed by atoms with Crippen LogP contribution in [0.5, 0.6) is 0 Å². The summed E-state index contributed by atoms with van der Waals surface area (Å²) in [5.41, 5.74) is 0.918. The van der Waals surface area contributed by atoms with Crippen LogP contribution in [0.2, 0.25) is 0 Å². The maximum atomic E-state index is 5.23. The molecule has 0 bridgehead atoms. The van der Waals surface area contributed by atoms with Crippen molar-refractivity contribution in [2.75, 3.05) is 0 Å². The fraction of sp³-hybridized carbons (Fsp3) is 0.0714. The minimum atomic E-state index is 0.314. The molecule has 0 unspecified atom stereocenters. The predicted molar refractivity (Wildman–Crippen MR) is 80.0 cm³/mol. The molecule has 108 valence electrons. The van der Waals surface area contributed by atoms with Crippen LogP contribution in [0.25, 0.3) is 22.2 Å². The molecule has 4 rings (SSSR count). The Morgan fingerprint density at radius 3 is 2.82 bits per heavy atom. The summed E-state index contributed by atoms with van der Waals surface area (Å²) in [6.45, 7) is 0.314. The number of tetrazole rings is 1. The van der Waals surface area contributed by atoms with E-state index in [4.69, 9.17) is 4.52 Å². The van der Waals surface area contributed by atoms with E-state index in [1.807, 2.05) is 47.8 Å². The summed E-state index contributed by atoms with van der Waals surface area (Å²) >= 11 is 1.55. The van der Waals surface area contributed by atoms with E-state index in [-0.39, 0.29) is 0 Å². The lowest BCUT2D eigenvalue weighted by Crippen LogP contribution is -2.05. The Morgan fingerprint density at radius 1 is 1.09 bits per heavy atom. The summed E-state index contributed by atoms with van der Waals surface area (Å²) in [7, 11) is 0. The first kappa shape index (κ1) is 12.8. The van der Waals surface area contributed by atoms with Crippen LogP contribution in [0.15, 0.2) is 52.4 Å². The first-order valence-electron chi connectivity index (χ1n) is 6.58. The molecule has 0 atom stereocenters.